The fraction of sp³-hybridized carbons (Fsp3) is 0.312. The number of carbonyl (C=O) groups is 1. The fourth-order valence-electron chi connectivity index (χ4n) is 1.85. The van der Waals surface area contributed by atoms with E-state index in [1.54, 1.807) is 48.5 Å². The number of amides is 1. The number of hydrogen-bond acceptors (Lipinski definition) is 4. The minimum atomic E-state index is -0.388. The van der Waals surface area contributed by atoms with Crippen molar-refractivity contribution in [3.8, 4) is 5.75 Å². The summed E-state index contributed by atoms with van der Waals surface area (Å²) in [6, 6.07) is 9.81. The summed E-state index contributed by atoms with van der Waals surface area (Å²) in [6.45, 7) is 1.43. The fourth-order valence-corrected chi connectivity index (χ4v) is 1.85. The minimum absolute atomic E-state index is 0.107. The van der Waals surface area contributed by atoms with E-state index in [-0.39, 0.29) is 24.0 Å². The molecular formula is C16H19FN2O3. The summed E-state index contributed by atoms with van der Waals surface area (Å²) in [5.41, 5.74) is 0. The van der Waals surface area contributed by atoms with Gasteiger partial charge in [-0.05, 0) is 31.3 Å². The zero-order valence-corrected chi connectivity index (χ0v) is 12.4. The van der Waals surface area contributed by atoms with Crippen molar-refractivity contribution in [3.63, 3.8) is 0 Å². The van der Waals surface area contributed by atoms with Gasteiger partial charge in [0.15, 0.2) is 11.6 Å². The Bertz CT molecular complexity index is 587. The van der Waals surface area contributed by atoms with E-state index >= 15 is 0 Å². The number of nitrogens with zero attached hydrogens (tertiary/aromatic N) is 1. The molecule has 1 aromatic carbocycles. The second-order valence-corrected chi connectivity index (χ2v) is 4.87. The molecule has 2 rings (SSSR count). The highest BCUT2D eigenvalue weighted by atomic mass is 19.1. The number of nitrogens with one attached hydrogen (secondary N) is 1. The first kappa shape index (κ1) is 16.0. The lowest BCUT2D eigenvalue weighted by Gasteiger charge is -2.16. The molecular weight excluding hydrogens is 287 g/mol. The van der Waals surface area contributed by atoms with Crippen molar-refractivity contribution in [2.45, 2.75) is 6.54 Å². The summed E-state index contributed by atoms with van der Waals surface area (Å²) in [6.07, 6.45) is 1.56. The number of rotatable bonds is 8. The SMILES string of the molecule is CN(CCOc1ccccc1F)CC(=O)NCc1ccco1. The summed E-state index contributed by atoms with van der Waals surface area (Å²) >= 11 is 0. The third-order valence-corrected chi connectivity index (χ3v) is 3.02. The monoisotopic (exact) mass is 306 g/mol. The van der Waals surface area contributed by atoms with E-state index in [1.165, 1.54) is 6.07 Å². The average Bonchev–Trinajstić information content (AvgIpc) is 3.00. The smallest absolute Gasteiger partial charge is 0.234 e. The van der Waals surface area contributed by atoms with Crippen molar-refractivity contribution in [3.05, 3.63) is 54.2 Å². The largest absolute Gasteiger partial charge is 0.489 e. The Morgan fingerprint density at radius 1 is 1.32 bits per heavy atom. The molecule has 0 saturated carbocycles. The second-order valence-electron chi connectivity index (χ2n) is 4.87. The molecule has 118 valence electrons. The van der Waals surface area contributed by atoms with Gasteiger partial charge in [-0.15, -0.1) is 0 Å². The summed E-state index contributed by atoms with van der Waals surface area (Å²) < 4.78 is 23.8. The van der Waals surface area contributed by atoms with Crippen molar-refractivity contribution >= 4 is 5.91 Å². The average molecular weight is 306 g/mol. The van der Waals surface area contributed by atoms with Crippen LogP contribution in [0.1, 0.15) is 5.76 Å². The maximum Gasteiger partial charge on any atom is 0.234 e. The summed E-state index contributed by atoms with van der Waals surface area (Å²) in [4.78, 5) is 13.5. The van der Waals surface area contributed by atoms with Crippen molar-refractivity contribution in [1.82, 2.24) is 10.2 Å². The van der Waals surface area contributed by atoms with Crippen LogP contribution in [-0.4, -0.2) is 37.6 Å². The van der Waals surface area contributed by atoms with Gasteiger partial charge >= 0.3 is 0 Å². The van der Waals surface area contributed by atoms with Crippen LogP contribution in [0.2, 0.25) is 0 Å². The molecule has 2 aromatic rings. The highest BCUT2D eigenvalue weighted by Gasteiger charge is 2.08. The number of furan rings is 1. The number of benzene rings is 1. The Morgan fingerprint density at radius 3 is 2.86 bits per heavy atom. The third kappa shape index (κ3) is 5.21. The molecule has 0 aliphatic carbocycles. The zero-order valence-electron chi connectivity index (χ0n) is 12.4. The molecule has 0 aliphatic rings. The van der Waals surface area contributed by atoms with E-state index in [2.05, 4.69) is 5.32 Å². The maximum absolute atomic E-state index is 13.3. The standard InChI is InChI=1S/C16H19FN2O3/c1-19(8-10-22-15-7-3-2-6-14(15)17)12-16(20)18-11-13-5-4-9-21-13/h2-7,9H,8,10-12H2,1H3,(H,18,20). The van der Waals surface area contributed by atoms with Crippen LogP contribution in [0.25, 0.3) is 0 Å². The molecule has 0 bridgehead atoms. The van der Waals surface area contributed by atoms with Crippen LogP contribution in [0, 0.1) is 5.82 Å². The highest BCUT2D eigenvalue weighted by Crippen LogP contribution is 2.14. The zero-order chi connectivity index (χ0) is 15.8. The first-order valence-electron chi connectivity index (χ1n) is 7.00. The minimum Gasteiger partial charge on any atom is -0.489 e. The number of carbonyl (C=O) groups excluding carboxylic acids is 1. The number of hydrogen-bond donors (Lipinski definition) is 1. The predicted molar refractivity (Wildman–Crippen MR) is 79.9 cm³/mol. The van der Waals surface area contributed by atoms with Crippen LogP contribution in [0.5, 0.6) is 5.75 Å². The Balaban J connectivity index is 1.64. The molecule has 0 radical (unpaired) electrons. The number of para-hydroxylation sites is 1. The van der Waals surface area contributed by atoms with Gasteiger partial charge in [-0.1, -0.05) is 12.1 Å². The molecule has 0 fully saturated rings. The summed E-state index contributed by atoms with van der Waals surface area (Å²) in [5.74, 6) is 0.434. The first-order valence-corrected chi connectivity index (χ1v) is 7.00. The molecule has 0 spiro atoms. The molecule has 22 heavy (non-hydrogen) atoms. The van der Waals surface area contributed by atoms with Crippen molar-refractivity contribution in [1.29, 1.82) is 0 Å². The van der Waals surface area contributed by atoms with E-state index < -0.39 is 0 Å². The molecule has 1 heterocycles. The van der Waals surface area contributed by atoms with Gasteiger partial charge in [-0.2, -0.15) is 0 Å². The molecule has 0 unspecified atom stereocenters. The van der Waals surface area contributed by atoms with Gasteiger partial charge in [0.2, 0.25) is 5.91 Å². The second kappa shape index (κ2) is 8.19. The lowest BCUT2D eigenvalue weighted by atomic mass is 10.3. The molecule has 6 heteroatoms. The summed E-state index contributed by atoms with van der Waals surface area (Å²) in [5, 5.41) is 2.76. The Kier molecular flexibility index (Phi) is 5.97. The van der Waals surface area contributed by atoms with E-state index in [0.717, 1.165) is 0 Å². The molecule has 1 amide bonds. The number of halogens is 1. The number of ether oxygens (including phenoxy) is 1. The van der Waals surface area contributed by atoms with Gasteiger partial charge in [-0.3, -0.25) is 9.69 Å². The van der Waals surface area contributed by atoms with Crippen LogP contribution >= 0.6 is 0 Å². The Morgan fingerprint density at radius 2 is 2.14 bits per heavy atom. The number of likely N-dealkylation sites (N-methyl/N-ethyl adjacent to an activating group) is 1. The van der Waals surface area contributed by atoms with Gasteiger partial charge in [0, 0.05) is 6.54 Å². The van der Waals surface area contributed by atoms with Crippen molar-refractivity contribution in [2.75, 3.05) is 26.7 Å². The third-order valence-electron chi connectivity index (χ3n) is 3.02. The Hall–Kier alpha value is -2.34. The van der Waals surface area contributed by atoms with Gasteiger partial charge in [-0.25, -0.2) is 4.39 Å². The molecule has 5 nitrogen and oxygen atoms in total. The van der Waals surface area contributed by atoms with E-state index in [9.17, 15) is 9.18 Å². The lowest BCUT2D eigenvalue weighted by Crippen LogP contribution is -2.36. The summed E-state index contributed by atoms with van der Waals surface area (Å²) in [7, 11) is 1.80. The van der Waals surface area contributed by atoms with Crippen molar-refractivity contribution in [2.24, 2.45) is 0 Å². The molecule has 1 N–H and O–H groups in total. The topological polar surface area (TPSA) is 54.7 Å². The van der Waals surface area contributed by atoms with Gasteiger partial charge in [0.1, 0.15) is 12.4 Å². The Labute approximate surface area is 128 Å². The van der Waals surface area contributed by atoms with Crippen LogP contribution in [0.4, 0.5) is 4.39 Å². The first-order chi connectivity index (χ1) is 10.6. The van der Waals surface area contributed by atoms with Crippen molar-refractivity contribution < 1.29 is 18.3 Å². The quantitative estimate of drug-likeness (QED) is 0.811. The molecule has 0 atom stereocenters. The molecule has 0 saturated heterocycles. The normalized spacial score (nSPS) is 10.7. The highest BCUT2D eigenvalue weighted by molar-refractivity contribution is 5.77. The van der Waals surface area contributed by atoms with Crippen LogP contribution < -0.4 is 10.1 Å². The van der Waals surface area contributed by atoms with E-state index in [1.807, 2.05) is 0 Å². The van der Waals surface area contributed by atoms with Gasteiger partial charge in [0.05, 0.1) is 19.4 Å². The van der Waals surface area contributed by atoms with E-state index in [0.29, 0.717) is 25.5 Å². The van der Waals surface area contributed by atoms with Crippen LogP contribution in [-0.2, 0) is 11.3 Å². The predicted octanol–water partition coefficient (Wildman–Crippen LogP) is 2.05. The van der Waals surface area contributed by atoms with Crippen LogP contribution in [0.3, 0.4) is 0 Å². The van der Waals surface area contributed by atoms with Gasteiger partial charge in [0.25, 0.3) is 0 Å². The molecule has 1 aromatic heterocycles. The lowest BCUT2D eigenvalue weighted by molar-refractivity contribution is -0.122. The molecule has 0 aliphatic heterocycles. The van der Waals surface area contributed by atoms with Crippen LogP contribution in [0.15, 0.2) is 47.1 Å². The maximum atomic E-state index is 13.3. The van der Waals surface area contributed by atoms with E-state index in [4.69, 9.17) is 9.15 Å². The van der Waals surface area contributed by atoms with Gasteiger partial charge < -0.3 is 14.5 Å².